The Bertz CT molecular complexity index is 484. The van der Waals surface area contributed by atoms with E-state index in [0.29, 0.717) is 18.7 Å². The van der Waals surface area contributed by atoms with Crippen molar-refractivity contribution in [3.63, 3.8) is 0 Å². The molecule has 5 heteroatoms. The van der Waals surface area contributed by atoms with E-state index < -0.39 is 6.04 Å². The summed E-state index contributed by atoms with van der Waals surface area (Å²) in [4.78, 5) is 25.3. The highest BCUT2D eigenvalue weighted by Crippen LogP contribution is 2.34. The third kappa shape index (κ3) is 2.54. The first-order valence-corrected chi connectivity index (χ1v) is 6.32. The monoisotopic (exact) mass is 262 g/mol. The van der Waals surface area contributed by atoms with Crippen molar-refractivity contribution in [3.8, 4) is 0 Å². The fourth-order valence-electron chi connectivity index (χ4n) is 2.46. The first-order valence-electron chi connectivity index (χ1n) is 6.32. The number of anilines is 1. The quantitative estimate of drug-likeness (QED) is 0.655. The Morgan fingerprint density at radius 2 is 2.05 bits per heavy atom. The Kier molecular flexibility index (Phi) is 3.74. The fraction of sp³-hybridized carbons (Fsp3) is 0.429. The number of ether oxygens (including phenoxy) is 1. The van der Waals surface area contributed by atoms with E-state index in [9.17, 15) is 9.59 Å². The summed E-state index contributed by atoms with van der Waals surface area (Å²) >= 11 is 0. The molecule has 1 amide bonds. The van der Waals surface area contributed by atoms with E-state index in [-0.39, 0.29) is 17.8 Å². The van der Waals surface area contributed by atoms with Crippen molar-refractivity contribution in [2.24, 2.45) is 0 Å². The lowest BCUT2D eigenvalue weighted by Crippen LogP contribution is -2.39. The predicted octanol–water partition coefficient (Wildman–Crippen LogP) is 1.15. The van der Waals surface area contributed by atoms with Crippen LogP contribution in [0.15, 0.2) is 24.3 Å². The lowest BCUT2D eigenvalue weighted by Gasteiger charge is -2.23. The van der Waals surface area contributed by atoms with E-state index in [0.717, 1.165) is 5.56 Å². The molecule has 1 heterocycles. The van der Waals surface area contributed by atoms with Gasteiger partial charge in [-0.2, -0.15) is 0 Å². The lowest BCUT2D eigenvalue weighted by molar-refractivity contribution is -0.150. The zero-order chi connectivity index (χ0) is 14.0. The smallest absolute Gasteiger partial charge is 0.329 e. The normalized spacial score (nSPS) is 22.6. The molecule has 1 aliphatic rings. The van der Waals surface area contributed by atoms with Crippen LogP contribution in [0, 0.1) is 0 Å². The highest BCUT2D eigenvalue weighted by Gasteiger charge is 2.43. The largest absolute Gasteiger partial charge is 0.464 e. The topological polar surface area (TPSA) is 72.6 Å². The second-order valence-corrected chi connectivity index (χ2v) is 4.68. The van der Waals surface area contributed by atoms with Gasteiger partial charge in [0.2, 0.25) is 5.91 Å². The number of benzene rings is 1. The maximum atomic E-state index is 12.0. The van der Waals surface area contributed by atoms with Gasteiger partial charge in [-0.05, 0) is 24.6 Å². The van der Waals surface area contributed by atoms with Gasteiger partial charge in [-0.15, -0.1) is 0 Å². The molecule has 0 spiro atoms. The molecular weight excluding hydrogens is 244 g/mol. The number of nitrogens with zero attached hydrogens (tertiary/aromatic N) is 1. The molecule has 2 rings (SSSR count). The number of nitrogens with two attached hydrogens (primary N) is 1. The molecule has 1 fully saturated rings. The Morgan fingerprint density at radius 1 is 1.42 bits per heavy atom. The van der Waals surface area contributed by atoms with Crippen molar-refractivity contribution < 1.29 is 14.3 Å². The summed E-state index contributed by atoms with van der Waals surface area (Å²) in [5.74, 6) is -0.560. The van der Waals surface area contributed by atoms with Crippen molar-refractivity contribution in [2.45, 2.75) is 25.3 Å². The second-order valence-electron chi connectivity index (χ2n) is 4.68. The molecule has 0 radical (unpaired) electrons. The summed E-state index contributed by atoms with van der Waals surface area (Å²) in [7, 11) is 1.64. The minimum absolute atomic E-state index is 0.0418. The molecular formula is C14H18N2O3. The van der Waals surface area contributed by atoms with Gasteiger partial charge >= 0.3 is 5.97 Å². The van der Waals surface area contributed by atoms with Crippen LogP contribution in [0.25, 0.3) is 0 Å². The average Bonchev–Trinajstić information content (AvgIpc) is 2.67. The second kappa shape index (κ2) is 5.30. The van der Waals surface area contributed by atoms with Crippen LogP contribution in [0.4, 0.5) is 5.69 Å². The lowest BCUT2D eigenvalue weighted by atomic mass is 9.91. The molecule has 0 aliphatic carbocycles. The van der Waals surface area contributed by atoms with Gasteiger partial charge in [-0.3, -0.25) is 4.79 Å². The number of hydrogen-bond acceptors (Lipinski definition) is 4. The summed E-state index contributed by atoms with van der Waals surface area (Å²) in [5, 5.41) is 0. The molecule has 2 N–H and O–H groups in total. The van der Waals surface area contributed by atoms with Gasteiger partial charge < -0.3 is 15.4 Å². The van der Waals surface area contributed by atoms with Gasteiger partial charge in [0.25, 0.3) is 0 Å². The van der Waals surface area contributed by atoms with Gasteiger partial charge in [0.15, 0.2) is 0 Å². The Balaban J connectivity index is 2.29. The third-order valence-corrected chi connectivity index (χ3v) is 3.48. The molecule has 0 saturated carbocycles. The van der Waals surface area contributed by atoms with E-state index >= 15 is 0 Å². The minimum atomic E-state index is -0.545. The highest BCUT2D eigenvalue weighted by molar-refractivity contribution is 5.90. The number of likely N-dealkylation sites (tertiary alicyclic amines) is 1. The van der Waals surface area contributed by atoms with Crippen LogP contribution < -0.4 is 5.73 Å². The van der Waals surface area contributed by atoms with Gasteiger partial charge in [-0.25, -0.2) is 4.79 Å². The van der Waals surface area contributed by atoms with Gasteiger partial charge in [-0.1, -0.05) is 12.1 Å². The molecule has 2 atom stereocenters. The number of likely N-dealkylation sites (N-methyl/N-ethyl adjacent to an activating group) is 1. The molecule has 1 aliphatic heterocycles. The fourth-order valence-corrected chi connectivity index (χ4v) is 2.46. The van der Waals surface area contributed by atoms with E-state index in [1.165, 1.54) is 4.90 Å². The molecule has 1 aromatic rings. The minimum Gasteiger partial charge on any atom is -0.464 e. The van der Waals surface area contributed by atoms with Crippen molar-refractivity contribution >= 4 is 17.6 Å². The predicted molar refractivity (Wildman–Crippen MR) is 71.4 cm³/mol. The number of carbonyl (C=O) groups is 2. The summed E-state index contributed by atoms with van der Waals surface area (Å²) in [6, 6.07) is 6.73. The summed E-state index contributed by atoms with van der Waals surface area (Å²) in [6.07, 6.45) is 0.323. The zero-order valence-corrected chi connectivity index (χ0v) is 11.1. The Hall–Kier alpha value is -2.04. The first kappa shape index (κ1) is 13.4. The summed E-state index contributed by atoms with van der Waals surface area (Å²) in [5.41, 5.74) is 7.25. The van der Waals surface area contributed by atoms with Crippen molar-refractivity contribution in [1.29, 1.82) is 0 Å². The van der Waals surface area contributed by atoms with Crippen LogP contribution >= 0.6 is 0 Å². The van der Waals surface area contributed by atoms with Crippen molar-refractivity contribution in [1.82, 2.24) is 4.90 Å². The number of carbonyl (C=O) groups excluding carboxylic acids is 2. The highest BCUT2D eigenvalue weighted by atomic mass is 16.5. The van der Waals surface area contributed by atoms with Crippen LogP contribution in [0.1, 0.15) is 24.8 Å². The van der Waals surface area contributed by atoms with Crippen LogP contribution in [0.3, 0.4) is 0 Å². The summed E-state index contributed by atoms with van der Waals surface area (Å²) in [6.45, 7) is 2.07. The van der Waals surface area contributed by atoms with Gasteiger partial charge in [0, 0.05) is 25.1 Å². The van der Waals surface area contributed by atoms with Crippen LogP contribution in [0.2, 0.25) is 0 Å². The molecule has 0 bridgehead atoms. The Labute approximate surface area is 112 Å². The van der Waals surface area contributed by atoms with Crippen LogP contribution in [-0.4, -0.2) is 36.5 Å². The SMILES string of the molecule is CCOC(=O)[C@H]1[C@@H](c2ccc(N)cc2)CC(=O)N1C. The zero-order valence-electron chi connectivity index (χ0n) is 11.1. The number of rotatable bonds is 3. The molecule has 102 valence electrons. The van der Waals surface area contributed by atoms with E-state index in [1.807, 2.05) is 12.1 Å². The molecule has 1 aromatic carbocycles. The van der Waals surface area contributed by atoms with E-state index in [1.54, 1.807) is 26.1 Å². The standard InChI is InChI=1S/C14H18N2O3/c1-3-19-14(18)13-11(8-12(17)16(13)2)9-4-6-10(15)7-5-9/h4-7,11,13H,3,8,15H2,1-2H3/t11-,13-/m1/s1. The third-order valence-electron chi connectivity index (χ3n) is 3.48. The van der Waals surface area contributed by atoms with Gasteiger partial charge in [0.05, 0.1) is 6.61 Å². The average molecular weight is 262 g/mol. The Morgan fingerprint density at radius 3 is 2.63 bits per heavy atom. The van der Waals surface area contributed by atoms with E-state index in [4.69, 9.17) is 10.5 Å². The maximum absolute atomic E-state index is 12.0. The van der Waals surface area contributed by atoms with Crippen molar-refractivity contribution in [2.75, 3.05) is 19.4 Å². The maximum Gasteiger partial charge on any atom is 0.329 e. The number of esters is 1. The molecule has 1 saturated heterocycles. The number of nitrogen functional groups attached to an aromatic ring is 1. The number of amides is 1. The van der Waals surface area contributed by atoms with Crippen LogP contribution in [-0.2, 0) is 14.3 Å². The van der Waals surface area contributed by atoms with E-state index in [2.05, 4.69) is 0 Å². The first-order chi connectivity index (χ1) is 9.04. The molecule has 0 unspecified atom stereocenters. The van der Waals surface area contributed by atoms with Crippen LogP contribution in [0.5, 0.6) is 0 Å². The number of hydrogen-bond donors (Lipinski definition) is 1. The van der Waals surface area contributed by atoms with Crippen molar-refractivity contribution in [3.05, 3.63) is 29.8 Å². The summed E-state index contributed by atoms with van der Waals surface area (Å²) < 4.78 is 5.06. The molecule has 19 heavy (non-hydrogen) atoms. The molecule has 5 nitrogen and oxygen atoms in total. The molecule has 0 aromatic heterocycles. The van der Waals surface area contributed by atoms with Gasteiger partial charge in [0.1, 0.15) is 6.04 Å².